The van der Waals surface area contributed by atoms with E-state index in [1.54, 1.807) is 23.7 Å². The molecule has 3 aromatic rings. The van der Waals surface area contributed by atoms with Crippen LogP contribution in [0.2, 0.25) is 0 Å². The molecule has 0 bridgehead atoms. The molecule has 0 unspecified atom stereocenters. The number of nitrogens with zero attached hydrogens (tertiary/aromatic N) is 3. The monoisotopic (exact) mass is 315 g/mol. The molecule has 0 N–H and O–H groups in total. The second kappa shape index (κ2) is 6.40. The largest absolute Gasteiger partial charge is 0.467 e. The first-order valence-corrected chi connectivity index (χ1v) is 7.50. The highest BCUT2D eigenvalue weighted by Gasteiger charge is 2.14. The van der Waals surface area contributed by atoms with E-state index in [0.29, 0.717) is 18.9 Å². The van der Waals surface area contributed by atoms with Gasteiger partial charge in [0.25, 0.3) is 5.69 Å². The van der Waals surface area contributed by atoms with Crippen molar-refractivity contribution < 1.29 is 9.34 Å². The van der Waals surface area contributed by atoms with Crippen LogP contribution < -0.4 is 4.90 Å². The van der Waals surface area contributed by atoms with Gasteiger partial charge in [0.15, 0.2) is 0 Å². The van der Waals surface area contributed by atoms with Gasteiger partial charge in [0.2, 0.25) is 0 Å². The molecular weight excluding hydrogens is 302 g/mol. The highest BCUT2D eigenvalue weighted by Crippen LogP contribution is 2.22. The fraction of sp³-hybridized carbons (Fsp3) is 0.133. The first-order valence-electron chi connectivity index (χ1n) is 6.62. The summed E-state index contributed by atoms with van der Waals surface area (Å²) in [6.07, 6.45) is 2.90. The lowest BCUT2D eigenvalue weighted by Gasteiger charge is -2.21. The highest BCUT2D eigenvalue weighted by atomic mass is 32.1. The summed E-state index contributed by atoms with van der Waals surface area (Å²) in [5.74, 6) is 1.49. The molecule has 3 heterocycles. The predicted molar refractivity (Wildman–Crippen MR) is 83.8 cm³/mol. The van der Waals surface area contributed by atoms with Crippen molar-refractivity contribution in [2.75, 3.05) is 4.90 Å². The molecule has 0 aromatic carbocycles. The van der Waals surface area contributed by atoms with Crippen molar-refractivity contribution in [2.45, 2.75) is 13.1 Å². The summed E-state index contributed by atoms with van der Waals surface area (Å²) < 4.78 is 5.39. The molecule has 0 saturated heterocycles. The Morgan fingerprint density at radius 1 is 1.23 bits per heavy atom. The number of aromatic nitrogens is 1. The fourth-order valence-corrected chi connectivity index (χ4v) is 2.79. The van der Waals surface area contributed by atoms with Gasteiger partial charge < -0.3 is 9.32 Å². The Morgan fingerprint density at radius 3 is 2.73 bits per heavy atom. The van der Waals surface area contributed by atoms with E-state index in [0.717, 1.165) is 5.76 Å². The van der Waals surface area contributed by atoms with Crippen LogP contribution in [0.5, 0.6) is 0 Å². The number of rotatable bonds is 6. The van der Waals surface area contributed by atoms with Crippen LogP contribution >= 0.6 is 11.3 Å². The summed E-state index contributed by atoms with van der Waals surface area (Å²) in [5.41, 5.74) is -0.0159. The molecular formula is C15H13N3O3S. The van der Waals surface area contributed by atoms with Crippen LogP contribution in [0, 0.1) is 10.1 Å². The zero-order valence-electron chi connectivity index (χ0n) is 11.6. The average Bonchev–Trinajstić information content (AvgIpc) is 3.20. The lowest BCUT2D eigenvalue weighted by Crippen LogP contribution is -2.22. The minimum absolute atomic E-state index is 0.0159. The summed E-state index contributed by atoms with van der Waals surface area (Å²) in [7, 11) is 0. The molecule has 0 aliphatic heterocycles. The van der Waals surface area contributed by atoms with Crippen molar-refractivity contribution in [1.82, 2.24) is 4.98 Å². The maximum Gasteiger partial charge on any atom is 0.287 e. The maximum atomic E-state index is 10.7. The summed E-state index contributed by atoms with van der Waals surface area (Å²) in [5, 5.41) is 12.8. The molecule has 3 rings (SSSR count). The topological polar surface area (TPSA) is 72.4 Å². The van der Waals surface area contributed by atoms with Gasteiger partial charge in [0.1, 0.15) is 17.8 Å². The van der Waals surface area contributed by atoms with Crippen LogP contribution in [-0.4, -0.2) is 9.91 Å². The van der Waals surface area contributed by atoms with E-state index in [-0.39, 0.29) is 5.69 Å². The summed E-state index contributed by atoms with van der Waals surface area (Å²) in [6, 6.07) is 10.9. The zero-order valence-corrected chi connectivity index (χ0v) is 12.4. The van der Waals surface area contributed by atoms with E-state index in [1.165, 1.54) is 17.1 Å². The third kappa shape index (κ3) is 3.32. The van der Waals surface area contributed by atoms with Crippen molar-refractivity contribution in [3.05, 3.63) is 75.0 Å². The lowest BCUT2D eigenvalue weighted by atomic mass is 10.3. The van der Waals surface area contributed by atoms with E-state index in [9.17, 15) is 10.1 Å². The SMILES string of the molecule is O=[N+]([O-])c1ccc(N(Cc2ccco2)Cc2cccs2)nc1. The summed E-state index contributed by atoms with van der Waals surface area (Å²) in [6.45, 7) is 1.22. The molecule has 0 amide bonds. The van der Waals surface area contributed by atoms with Crippen LogP contribution in [0.25, 0.3) is 0 Å². The van der Waals surface area contributed by atoms with E-state index >= 15 is 0 Å². The fourth-order valence-electron chi connectivity index (χ4n) is 2.07. The molecule has 0 aliphatic carbocycles. The van der Waals surface area contributed by atoms with Gasteiger partial charge in [0.05, 0.1) is 24.3 Å². The third-order valence-electron chi connectivity index (χ3n) is 3.12. The van der Waals surface area contributed by atoms with Gasteiger partial charge in [-0.05, 0) is 29.6 Å². The second-order valence-corrected chi connectivity index (χ2v) is 5.68. The molecule has 0 atom stereocenters. The van der Waals surface area contributed by atoms with E-state index in [2.05, 4.69) is 4.98 Å². The average molecular weight is 315 g/mol. The number of furan rings is 1. The minimum atomic E-state index is -0.451. The van der Waals surface area contributed by atoms with E-state index in [4.69, 9.17) is 4.42 Å². The Morgan fingerprint density at radius 2 is 2.14 bits per heavy atom. The number of anilines is 1. The van der Waals surface area contributed by atoms with Crippen LogP contribution in [0.3, 0.4) is 0 Å². The van der Waals surface area contributed by atoms with Crippen molar-refractivity contribution in [1.29, 1.82) is 0 Å². The summed E-state index contributed by atoms with van der Waals surface area (Å²) in [4.78, 5) is 17.7. The van der Waals surface area contributed by atoms with Crippen molar-refractivity contribution in [3.8, 4) is 0 Å². The number of hydrogen-bond acceptors (Lipinski definition) is 6. The molecule has 6 nitrogen and oxygen atoms in total. The van der Waals surface area contributed by atoms with Gasteiger partial charge in [-0.25, -0.2) is 4.98 Å². The summed E-state index contributed by atoms with van der Waals surface area (Å²) >= 11 is 1.66. The van der Waals surface area contributed by atoms with Gasteiger partial charge in [-0.1, -0.05) is 6.07 Å². The Balaban J connectivity index is 1.84. The first-order chi connectivity index (χ1) is 10.7. The molecule has 0 fully saturated rings. The van der Waals surface area contributed by atoms with Crippen molar-refractivity contribution in [3.63, 3.8) is 0 Å². The van der Waals surface area contributed by atoms with Crippen LogP contribution in [0.4, 0.5) is 11.5 Å². The van der Waals surface area contributed by atoms with Crippen LogP contribution in [0.15, 0.2) is 58.7 Å². The maximum absolute atomic E-state index is 10.7. The minimum Gasteiger partial charge on any atom is -0.467 e. The molecule has 3 aromatic heterocycles. The van der Waals surface area contributed by atoms with Gasteiger partial charge in [0, 0.05) is 10.9 Å². The molecule has 7 heteroatoms. The molecule has 0 spiro atoms. The molecule has 112 valence electrons. The van der Waals surface area contributed by atoms with Crippen molar-refractivity contribution in [2.24, 2.45) is 0 Å². The highest BCUT2D eigenvalue weighted by molar-refractivity contribution is 7.09. The van der Waals surface area contributed by atoms with Gasteiger partial charge in [-0.15, -0.1) is 11.3 Å². The first kappa shape index (κ1) is 14.3. The number of nitro groups is 1. The number of hydrogen-bond donors (Lipinski definition) is 0. The quantitative estimate of drug-likeness (QED) is 0.510. The Labute approximate surface area is 130 Å². The van der Waals surface area contributed by atoms with Crippen LogP contribution in [0.1, 0.15) is 10.6 Å². The third-order valence-corrected chi connectivity index (χ3v) is 3.98. The number of thiophene rings is 1. The lowest BCUT2D eigenvalue weighted by molar-refractivity contribution is -0.385. The Kier molecular flexibility index (Phi) is 4.15. The molecule has 0 aliphatic rings. The molecule has 0 radical (unpaired) electrons. The van der Waals surface area contributed by atoms with Gasteiger partial charge in [-0.2, -0.15) is 0 Å². The van der Waals surface area contributed by atoms with Gasteiger partial charge in [-0.3, -0.25) is 10.1 Å². The number of pyridine rings is 1. The molecule has 0 saturated carbocycles. The van der Waals surface area contributed by atoms with E-state index < -0.39 is 4.92 Å². The second-order valence-electron chi connectivity index (χ2n) is 4.65. The smallest absolute Gasteiger partial charge is 0.287 e. The Hall–Kier alpha value is -2.67. The van der Waals surface area contributed by atoms with Gasteiger partial charge >= 0.3 is 0 Å². The zero-order chi connectivity index (χ0) is 15.4. The normalized spacial score (nSPS) is 10.5. The Bertz CT molecular complexity index is 688. The van der Waals surface area contributed by atoms with Crippen molar-refractivity contribution >= 4 is 22.8 Å². The molecule has 22 heavy (non-hydrogen) atoms. The van der Waals surface area contributed by atoms with E-state index in [1.807, 2.05) is 34.5 Å². The van der Waals surface area contributed by atoms with Crippen LogP contribution in [-0.2, 0) is 13.1 Å². The predicted octanol–water partition coefficient (Wildman–Crippen LogP) is 3.85. The standard InChI is InChI=1S/C15H13N3O3S/c19-18(20)12-5-6-15(16-9-12)17(10-13-3-1-7-21-13)11-14-4-2-8-22-14/h1-9H,10-11H2.